The number of nitrogens with two attached hydrogens (primary N) is 1. The lowest BCUT2D eigenvalue weighted by atomic mass is 9.96. The van der Waals surface area contributed by atoms with Crippen LogP contribution in [0.15, 0.2) is 47.6 Å². The lowest BCUT2D eigenvalue weighted by molar-refractivity contribution is -0.123. The van der Waals surface area contributed by atoms with E-state index in [0.717, 1.165) is 61.8 Å². The van der Waals surface area contributed by atoms with Crippen molar-refractivity contribution in [3.63, 3.8) is 0 Å². The summed E-state index contributed by atoms with van der Waals surface area (Å²) in [6, 6.07) is 12.8. The number of pyridine rings is 1. The van der Waals surface area contributed by atoms with E-state index in [0.29, 0.717) is 0 Å². The number of piperidine rings is 1. The lowest BCUT2D eigenvalue weighted by Crippen LogP contribution is -2.37. The van der Waals surface area contributed by atoms with Gasteiger partial charge in [-0.15, -0.1) is 11.3 Å². The molecule has 3 aromatic rings. The second-order valence-electron chi connectivity index (χ2n) is 7.76. The number of nitrogens with one attached hydrogen (secondary N) is 1. The molecule has 7 heteroatoms. The van der Waals surface area contributed by atoms with Crippen molar-refractivity contribution in [3.8, 4) is 0 Å². The van der Waals surface area contributed by atoms with Gasteiger partial charge in [-0.2, -0.15) is 0 Å². The van der Waals surface area contributed by atoms with E-state index >= 15 is 0 Å². The number of amidine groups is 1. The number of benzene rings is 1. The summed E-state index contributed by atoms with van der Waals surface area (Å²) in [5.41, 5.74) is 7.66. The molecule has 0 radical (unpaired) electrons. The number of thiophene rings is 1. The first-order valence-corrected chi connectivity index (χ1v) is 10.8. The van der Waals surface area contributed by atoms with Crippen molar-refractivity contribution < 1.29 is 4.79 Å². The van der Waals surface area contributed by atoms with Gasteiger partial charge in [0, 0.05) is 45.9 Å². The van der Waals surface area contributed by atoms with Crippen LogP contribution in [0.25, 0.3) is 10.1 Å². The van der Waals surface area contributed by atoms with Gasteiger partial charge in [-0.25, -0.2) is 9.98 Å². The Bertz CT molecular complexity index is 1100. The minimum Gasteiger partial charge on any atom is -0.369 e. The van der Waals surface area contributed by atoms with Gasteiger partial charge in [0.15, 0.2) is 5.82 Å². The Labute approximate surface area is 173 Å². The molecule has 0 unspecified atom stereocenters. The number of likely N-dealkylation sites (tertiary alicyclic amines) is 1. The molecule has 0 spiro atoms. The number of fused-ring (bicyclic) bond motifs is 2. The summed E-state index contributed by atoms with van der Waals surface area (Å²) in [5.74, 6) is 1.64. The summed E-state index contributed by atoms with van der Waals surface area (Å²) in [5, 5.41) is 4.71. The van der Waals surface area contributed by atoms with E-state index < -0.39 is 0 Å². The van der Waals surface area contributed by atoms with E-state index in [2.05, 4.69) is 50.5 Å². The zero-order chi connectivity index (χ0) is 19.8. The van der Waals surface area contributed by atoms with Crippen LogP contribution >= 0.6 is 11.3 Å². The molecule has 4 heterocycles. The zero-order valence-corrected chi connectivity index (χ0v) is 16.9. The number of hydrogen-bond acceptors (Lipinski definition) is 6. The second kappa shape index (κ2) is 7.57. The van der Waals surface area contributed by atoms with E-state index in [-0.39, 0.29) is 11.8 Å². The maximum atomic E-state index is 11.3. The van der Waals surface area contributed by atoms with Gasteiger partial charge in [0.25, 0.3) is 0 Å². The van der Waals surface area contributed by atoms with Gasteiger partial charge in [0.05, 0.1) is 0 Å². The largest absolute Gasteiger partial charge is 0.369 e. The fourth-order valence-corrected chi connectivity index (χ4v) is 5.24. The van der Waals surface area contributed by atoms with Crippen LogP contribution < -0.4 is 11.1 Å². The van der Waals surface area contributed by atoms with Crippen LogP contribution in [0, 0.1) is 5.92 Å². The molecular formula is C22H23N5OS. The quantitative estimate of drug-likeness (QED) is 0.693. The van der Waals surface area contributed by atoms with E-state index in [1.807, 2.05) is 17.4 Å². The normalized spacial score (nSPS) is 17.3. The van der Waals surface area contributed by atoms with Gasteiger partial charge in [0.1, 0.15) is 5.84 Å². The SMILES string of the molecule is NC(=O)C1CCN(Cc2cc3ccc(NC4=Nc5ncccc5C4)cc3s2)CC1. The highest BCUT2D eigenvalue weighted by Crippen LogP contribution is 2.31. The van der Waals surface area contributed by atoms with E-state index in [1.165, 1.54) is 15.0 Å². The zero-order valence-electron chi connectivity index (χ0n) is 16.1. The molecule has 0 aliphatic carbocycles. The smallest absolute Gasteiger partial charge is 0.220 e. The third-order valence-electron chi connectivity index (χ3n) is 5.70. The number of hydrogen-bond donors (Lipinski definition) is 2. The van der Waals surface area contributed by atoms with Crippen molar-refractivity contribution in [2.75, 3.05) is 18.4 Å². The molecule has 5 rings (SSSR count). The van der Waals surface area contributed by atoms with Crippen molar-refractivity contribution in [1.82, 2.24) is 9.88 Å². The van der Waals surface area contributed by atoms with Crippen LogP contribution in [0.2, 0.25) is 0 Å². The van der Waals surface area contributed by atoms with Crippen LogP contribution in [-0.4, -0.2) is 34.7 Å². The number of rotatable bonds is 4. The number of nitrogens with zero attached hydrogens (tertiary/aromatic N) is 3. The first kappa shape index (κ1) is 18.3. The van der Waals surface area contributed by atoms with Gasteiger partial charge in [-0.05, 0) is 55.6 Å². The number of primary amides is 1. The third kappa shape index (κ3) is 3.88. The van der Waals surface area contributed by atoms with Crippen LogP contribution in [0.4, 0.5) is 11.5 Å². The maximum Gasteiger partial charge on any atom is 0.220 e. The summed E-state index contributed by atoms with van der Waals surface area (Å²) in [6.45, 7) is 2.80. The van der Waals surface area contributed by atoms with Crippen LogP contribution in [0.3, 0.4) is 0 Å². The monoisotopic (exact) mass is 405 g/mol. The number of aromatic nitrogens is 1. The molecule has 1 fully saturated rings. The molecule has 1 aromatic carbocycles. The molecule has 0 bridgehead atoms. The highest BCUT2D eigenvalue weighted by molar-refractivity contribution is 7.19. The van der Waals surface area contributed by atoms with Gasteiger partial charge >= 0.3 is 0 Å². The Morgan fingerprint density at radius 2 is 2.10 bits per heavy atom. The van der Waals surface area contributed by atoms with Crippen molar-refractivity contribution in [3.05, 3.63) is 53.0 Å². The summed E-state index contributed by atoms with van der Waals surface area (Å²) in [4.78, 5) is 24.0. The van der Waals surface area contributed by atoms with Crippen LogP contribution in [0.1, 0.15) is 23.3 Å². The Hall–Kier alpha value is -2.77. The molecule has 148 valence electrons. The molecule has 1 amide bonds. The molecule has 2 aliphatic heterocycles. The third-order valence-corrected chi connectivity index (χ3v) is 6.78. The Kier molecular flexibility index (Phi) is 4.77. The molecular weight excluding hydrogens is 382 g/mol. The van der Waals surface area contributed by atoms with Crippen molar-refractivity contribution >= 4 is 44.7 Å². The topological polar surface area (TPSA) is 83.6 Å². The Balaban J connectivity index is 1.26. The fraction of sp³-hybridized carbons (Fsp3) is 0.318. The van der Waals surface area contributed by atoms with Crippen molar-refractivity contribution in [1.29, 1.82) is 0 Å². The molecule has 6 nitrogen and oxygen atoms in total. The summed E-state index contributed by atoms with van der Waals surface area (Å²) in [7, 11) is 0. The average molecular weight is 406 g/mol. The predicted octanol–water partition coefficient (Wildman–Crippen LogP) is 3.69. The first-order chi connectivity index (χ1) is 14.1. The molecule has 0 saturated carbocycles. The maximum absolute atomic E-state index is 11.3. The number of carbonyl (C=O) groups excluding carboxylic acids is 1. The van der Waals surface area contributed by atoms with Crippen LogP contribution in [-0.2, 0) is 17.8 Å². The minimum absolute atomic E-state index is 0.0436. The van der Waals surface area contributed by atoms with Gasteiger partial charge in [-0.3, -0.25) is 9.69 Å². The van der Waals surface area contributed by atoms with E-state index in [4.69, 9.17) is 5.73 Å². The van der Waals surface area contributed by atoms with Gasteiger partial charge in [0.2, 0.25) is 5.91 Å². The standard InChI is InChI=1S/C22H23N5OS/c23-21(28)14-5-8-27(9-6-14)13-18-10-15-3-4-17(12-19(15)29-18)25-20-11-16-2-1-7-24-22(16)26-20/h1-4,7,10,12,14H,5-6,8-9,11,13H2,(H2,23,28)(H,24,25,26). The van der Waals surface area contributed by atoms with Crippen molar-refractivity contribution in [2.45, 2.75) is 25.8 Å². The summed E-state index contributed by atoms with van der Waals surface area (Å²) >= 11 is 1.83. The molecule has 0 atom stereocenters. The van der Waals surface area contributed by atoms with E-state index in [9.17, 15) is 4.79 Å². The molecule has 2 aromatic heterocycles. The molecule has 29 heavy (non-hydrogen) atoms. The minimum atomic E-state index is -0.155. The lowest BCUT2D eigenvalue weighted by Gasteiger charge is -2.29. The molecule has 1 saturated heterocycles. The highest BCUT2D eigenvalue weighted by atomic mass is 32.1. The molecule has 2 aliphatic rings. The summed E-state index contributed by atoms with van der Waals surface area (Å²) in [6.07, 6.45) is 4.31. The van der Waals surface area contributed by atoms with Crippen LogP contribution in [0.5, 0.6) is 0 Å². The summed E-state index contributed by atoms with van der Waals surface area (Å²) < 4.78 is 1.27. The Morgan fingerprint density at radius 3 is 2.90 bits per heavy atom. The number of amides is 1. The highest BCUT2D eigenvalue weighted by Gasteiger charge is 2.23. The number of aliphatic imine (C=N–C) groups is 1. The fourth-order valence-electron chi connectivity index (χ4n) is 4.09. The van der Waals surface area contributed by atoms with Gasteiger partial charge in [-0.1, -0.05) is 12.1 Å². The Morgan fingerprint density at radius 1 is 1.24 bits per heavy atom. The first-order valence-electron chi connectivity index (χ1n) is 9.97. The molecule has 3 N–H and O–H groups in total. The van der Waals surface area contributed by atoms with E-state index in [1.54, 1.807) is 6.20 Å². The number of carbonyl (C=O) groups is 1. The number of anilines is 1. The second-order valence-corrected chi connectivity index (χ2v) is 8.93. The van der Waals surface area contributed by atoms with Crippen molar-refractivity contribution in [2.24, 2.45) is 16.6 Å². The van der Waals surface area contributed by atoms with Gasteiger partial charge < -0.3 is 11.1 Å². The average Bonchev–Trinajstić information content (AvgIpc) is 3.30. The predicted molar refractivity (Wildman–Crippen MR) is 118 cm³/mol.